The zero-order valence-corrected chi connectivity index (χ0v) is 7.76. The fraction of sp³-hybridized carbons (Fsp3) is 0.125. The summed E-state index contributed by atoms with van der Waals surface area (Å²) in [4.78, 5) is 10.8. The molecule has 0 heterocycles. The molecule has 5 heteroatoms. The Morgan fingerprint density at radius 1 is 1.62 bits per heavy atom. The maximum Gasteiger partial charge on any atom is 0.250 e. The lowest BCUT2D eigenvalue weighted by Crippen LogP contribution is -2.98. The summed E-state index contributed by atoms with van der Waals surface area (Å²) in [7, 11) is 1.43. The number of carbonyl (C=O) groups is 1. The maximum atomic E-state index is 10.9. The average molecular weight is 201 g/mol. The Labute approximate surface area is 80.5 Å². The van der Waals surface area contributed by atoms with E-state index in [9.17, 15) is 10.0 Å². The molecule has 0 spiro atoms. The van der Waals surface area contributed by atoms with Crippen LogP contribution in [0.5, 0.6) is 0 Å². The standard InChI is InChI=1S/C8H9ClN2O2/c1-11(13)5-2-3-6(8(10)12)7(9)4-5/h2-4,11H,1H3,(H2,10,12). The first-order valence-electron chi connectivity index (χ1n) is 3.62. The number of nitrogens with one attached hydrogen (secondary N) is 1. The van der Waals surface area contributed by atoms with E-state index in [1.807, 2.05) is 0 Å². The van der Waals surface area contributed by atoms with E-state index in [0.29, 0.717) is 5.69 Å². The van der Waals surface area contributed by atoms with Gasteiger partial charge in [0, 0.05) is 12.1 Å². The van der Waals surface area contributed by atoms with Crippen molar-refractivity contribution in [2.75, 3.05) is 7.05 Å². The molecule has 0 aliphatic heterocycles. The van der Waals surface area contributed by atoms with E-state index in [1.54, 1.807) is 0 Å². The minimum Gasteiger partial charge on any atom is -0.629 e. The number of hydrogen-bond donors (Lipinski definition) is 2. The lowest BCUT2D eigenvalue weighted by atomic mass is 10.2. The predicted octanol–water partition coefficient (Wildman–Crippen LogP) is 0.0829. The van der Waals surface area contributed by atoms with Gasteiger partial charge in [-0.25, -0.2) is 0 Å². The molecule has 13 heavy (non-hydrogen) atoms. The summed E-state index contributed by atoms with van der Waals surface area (Å²) in [5, 5.41) is 11.0. The van der Waals surface area contributed by atoms with Crippen LogP contribution in [-0.4, -0.2) is 13.0 Å². The van der Waals surface area contributed by atoms with Gasteiger partial charge < -0.3 is 16.0 Å². The molecule has 0 aliphatic carbocycles. The summed E-state index contributed by atoms with van der Waals surface area (Å²) in [6.07, 6.45) is 0. The number of halogens is 1. The van der Waals surface area contributed by atoms with Crippen LogP contribution >= 0.6 is 11.6 Å². The zero-order chi connectivity index (χ0) is 10.0. The molecule has 1 aromatic rings. The van der Waals surface area contributed by atoms with E-state index < -0.39 is 5.91 Å². The molecule has 1 rings (SSSR count). The normalized spacial score (nSPS) is 12.5. The first kappa shape index (κ1) is 9.98. The van der Waals surface area contributed by atoms with E-state index in [2.05, 4.69) is 0 Å². The molecule has 0 bridgehead atoms. The summed E-state index contributed by atoms with van der Waals surface area (Å²) in [5.41, 5.74) is 5.73. The lowest BCUT2D eigenvalue weighted by molar-refractivity contribution is -0.751. The Hall–Kier alpha value is -1.10. The molecule has 0 aliphatic rings. The van der Waals surface area contributed by atoms with Crippen LogP contribution in [0.15, 0.2) is 18.2 Å². The van der Waals surface area contributed by atoms with Crippen LogP contribution in [0.1, 0.15) is 10.4 Å². The molecule has 3 N–H and O–H groups in total. The Kier molecular flexibility index (Phi) is 2.87. The highest BCUT2D eigenvalue weighted by Gasteiger charge is 2.08. The van der Waals surface area contributed by atoms with Crippen molar-refractivity contribution in [3.63, 3.8) is 0 Å². The van der Waals surface area contributed by atoms with Crippen molar-refractivity contribution in [1.29, 1.82) is 0 Å². The molecule has 0 saturated carbocycles. The second-order valence-corrected chi connectivity index (χ2v) is 3.02. The predicted molar refractivity (Wildman–Crippen MR) is 49.9 cm³/mol. The van der Waals surface area contributed by atoms with Crippen molar-refractivity contribution in [2.24, 2.45) is 5.73 Å². The Morgan fingerprint density at radius 3 is 2.62 bits per heavy atom. The first-order chi connectivity index (χ1) is 6.02. The summed E-state index contributed by atoms with van der Waals surface area (Å²) in [6.45, 7) is 0. The van der Waals surface area contributed by atoms with E-state index in [4.69, 9.17) is 17.3 Å². The fourth-order valence-corrected chi connectivity index (χ4v) is 1.21. The third-order valence-corrected chi connectivity index (χ3v) is 1.95. The molecule has 1 atom stereocenters. The number of hydrogen-bond acceptors (Lipinski definition) is 2. The zero-order valence-electron chi connectivity index (χ0n) is 7.00. The molecular formula is C8H9ClN2O2. The van der Waals surface area contributed by atoms with Gasteiger partial charge in [-0.1, -0.05) is 11.6 Å². The quantitative estimate of drug-likeness (QED) is 0.664. The average Bonchev–Trinajstić information content (AvgIpc) is 2.03. The largest absolute Gasteiger partial charge is 0.629 e. The van der Waals surface area contributed by atoms with Crippen LogP contribution in [0.25, 0.3) is 0 Å². The van der Waals surface area contributed by atoms with Gasteiger partial charge in [0.05, 0.1) is 17.6 Å². The third-order valence-electron chi connectivity index (χ3n) is 1.64. The Balaban J connectivity index is 3.13. The monoisotopic (exact) mass is 200 g/mol. The van der Waals surface area contributed by atoms with Gasteiger partial charge in [-0.3, -0.25) is 4.79 Å². The van der Waals surface area contributed by atoms with Crippen LogP contribution in [-0.2, 0) is 0 Å². The smallest absolute Gasteiger partial charge is 0.250 e. The molecule has 0 radical (unpaired) electrons. The third kappa shape index (κ3) is 2.18. The van der Waals surface area contributed by atoms with Gasteiger partial charge in [-0.2, -0.15) is 0 Å². The Morgan fingerprint density at radius 2 is 2.23 bits per heavy atom. The molecule has 0 aromatic heterocycles. The van der Waals surface area contributed by atoms with Crippen LogP contribution in [0.4, 0.5) is 5.69 Å². The van der Waals surface area contributed by atoms with Crippen molar-refractivity contribution in [2.45, 2.75) is 0 Å². The number of nitrogens with two attached hydrogens (primary N) is 1. The molecule has 70 valence electrons. The van der Waals surface area contributed by atoms with Crippen molar-refractivity contribution in [1.82, 2.24) is 0 Å². The van der Waals surface area contributed by atoms with Gasteiger partial charge in [0.15, 0.2) is 0 Å². The van der Waals surface area contributed by atoms with Crippen molar-refractivity contribution >= 4 is 23.2 Å². The minimum atomic E-state index is -0.597. The summed E-state index contributed by atoms with van der Waals surface area (Å²) in [5.74, 6) is -0.597. The molecule has 1 unspecified atom stereocenters. The second-order valence-electron chi connectivity index (χ2n) is 2.62. The van der Waals surface area contributed by atoms with Crippen LogP contribution in [0, 0.1) is 5.21 Å². The Bertz CT molecular complexity index is 339. The number of hydroxylamine groups is 1. The highest BCUT2D eigenvalue weighted by atomic mass is 35.5. The molecule has 0 fully saturated rings. The number of benzene rings is 1. The molecule has 1 aromatic carbocycles. The number of carbonyl (C=O) groups excluding carboxylic acids is 1. The summed E-state index contributed by atoms with van der Waals surface area (Å²) in [6, 6.07) is 4.40. The highest BCUT2D eigenvalue weighted by Crippen LogP contribution is 2.18. The van der Waals surface area contributed by atoms with Crippen LogP contribution < -0.4 is 10.8 Å². The number of rotatable bonds is 2. The maximum absolute atomic E-state index is 10.9. The van der Waals surface area contributed by atoms with E-state index in [-0.39, 0.29) is 15.6 Å². The van der Waals surface area contributed by atoms with Gasteiger partial charge in [-0.15, -0.1) is 0 Å². The number of amides is 1. The van der Waals surface area contributed by atoms with E-state index >= 15 is 0 Å². The van der Waals surface area contributed by atoms with Crippen molar-refractivity contribution in [3.8, 4) is 0 Å². The van der Waals surface area contributed by atoms with Crippen LogP contribution in [0.2, 0.25) is 5.02 Å². The number of quaternary nitrogens is 1. The summed E-state index contributed by atoms with van der Waals surface area (Å²) < 4.78 is 0. The first-order valence-corrected chi connectivity index (χ1v) is 4.00. The van der Waals surface area contributed by atoms with E-state index in [0.717, 1.165) is 0 Å². The number of primary amides is 1. The van der Waals surface area contributed by atoms with Gasteiger partial charge in [0.2, 0.25) is 5.91 Å². The topological polar surface area (TPSA) is 70.6 Å². The highest BCUT2D eigenvalue weighted by molar-refractivity contribution is 6.34. The van der Waals surface area contributed by atoms with Gasteiger partial charge in [0.1, 0.15) is 5.69 Å². The molecular weight excluding hydrogens is 192 g/mol. The molecule has 4 nitrogen and oxygen atoms in total. The summed E-state index contributed by atoms with van der Waals surface area (Å²) >= 11 is 5.72. The van der Waals surface area contributed by atoms with Crippen molar-refractivity contribution < 1.29 is 9.86 Å². The second kappa shape index (κ2) is 3.74. The molecule has 1 amide bonds. The lowest BCUT2D eigenvalue weighted by Gasteiger charge is -2.15. The van der Waals surface area contributed by atoms with Crippen molar-refractivity contribution in [3.05, 3.63) is 34.0 Å². The van der Waals surface area contributed by atoms with E-state index in [1.165, 1.54) is 25.2 Å². The molecule has 0 saturated heterocycles. The van der Waals surface area contributed by atoms with Gasteiger partial charge >= 0.3 is 0 Å². The van der Waals surface area contributed by atoms with Gasteiger partial charge in [0.25, 0.3) is 0 Å². The van der Waals surface area contributed by atoms with Gasteiger partial charge in [-0.05, 0) is 6.07 Å². The minimum absolute atomic E-state index is 0.0991. The fourth-order valence-electron chi connectivity index (χ4n) is 0.934. The van der Waals surface area contributed by atoms with Crippen LogP contribution in [0.3, 0.4) is 0 Å². The SMILES string of the molecule is C[NH+]([O-])c1ccc(C(N)=O)c(Cl)c1.